The Morgan fingerprint density at radius 3 is 2.64 bits per heavy atom. The highest BCUT2D eigenvalue weighted by molar-refractivity contribution is 7.90. The molecule has 0 aliphatic carbocycles. The Bertz CT molecular complexity index is 82.2. The van der Waals surface area contributed by atoms with E-state index in [1.165, 1.54) is 0 Å². The monoisotopic (exact) mass is 179 g/mol. The van der Waals surface area contributed by atoms with Gasteiger partial charge < -0.3 is 9.87 Å². The Morgan fingerprint density at radius 2 is 2.09 bits per heavy atom. The zero-order valence-corrected chi connectivity index (χ0v) is 7.96. The van der Waals surface area contributed by atoms with Crippen molar-refractivity contribution in [3.05, 3.63) is 0 Å². The SMILES string of the molecule is CNCNNCCC[S+](C)[O-]. The Hall–Kier alpha value is 0.190. The summed E-state index contributed by atoms with van der Waals surface area (Å²) in [6.45, 7) is 1.61. The Labute approximate surface area is 71.3 Å². The van der Waals surface area contributed by atoms with E-state index in [0.29, 0.717) is 0 Å². The van der Waals surface area contributed by atoms with Crippen LogP contribution in [0.15, 0.2) is 0 Å². The maximum Gasteiger partial charge on any atom is 0.106 e. The van der Waals surface area contributed by atoms with Gasteiger partial charge in [0.15, 0.2) is 0 Å². The van der Waals surface area contributed by atoms with Gasteiger partial charge in [0.2, 0.25) is 0 Å². The standard InChI is InChI=1S/C6H17N3OS/c1-7-6-9-8-4-3-5-11(2)10/h7-9H,3-6H2,1-2H3. The van der Waals surface area contributed by atoms with Gasteiger partial charge in [-0.1, -0.05) is 11.2 Å². The van der Waals surface area contributed by atoms with Crippen molar-refractivity contribution in [2.24, 2.45) is 0 Å². The van der Waals surface area contributed by atoms with Crippen LogP contribution in [0, 0.1) is 0 Å². The van der Waals surface area contributed by atoms with E-state index < -0.39 is 11.2 Å². The fourth-order valence-electron chi connectivity index (χ4n) is 0.603. The highest BCUT2D eigenvalue weighted by atomic mass is 32.2. The van der Waals surface area contributed by atoms with Crippen molar-refractivity contribution < 1.29 is 4.55 Å². The molecule has 4 nitrogen and oxygen atoms in total. The van der Waals surface area contributed by atoms with E-state index in [1.54, 1.807) is 6.26 Å². The fourth-order valence-corrected chi connectivity index (χ4v) is 1.15. The molecule has 0 fully saturated rings. The van der Waals surface area contributed by atoms with Crippen molar-refractivity contribution >= 4 is 11.2 Å². The molecular formula is C6H17N3OS. The topological polar surface area (TPSA) is 59.1 Å². The molecule has 0 heterocycles. The lowest BCUT2D eigenvalue weighted by Gasteiger charge is -2.06. The summed E-state index contributed by atoms with van der Waals surface area (Å²) in [6, 6.07) is 0. The summed E-state index contributed by atoms with van der Waals surface area (Å²) in [5.74, 6) is 0.772. The minimum Gasteiger partial charge on any atom is -0.617 e. The first-order chi connectivity index (χ1) is 5.27. The minimum absolute atomic E-state index is 0.656. The van der Waals surface area contributed by atoms with Gasteiger partial charge in [0.05, 0.1) is 12.9 Å². The predicted molar refractivity (Wildman–Crippen MR) is 48.6 cm³/mol. The van der Waals surface area contributed by atoms with Crippen LogP contribution in [0.2, 0.25) is 0 Å². The van der Waals surface area contributed by atoms with E-state index in [4.69, 9.17) is 0 Å². The third kappa shape index (κ3) is 10.2. The summed E-state index contributed by atoms with van der Waals surface area (Å²) in [7, 11) is 1.87. The van der Waals surface area contributed by atoms with Crippen LogP contribution in [0.5, 0.6) is 0 Å². The third-order valence-electron chi connectivity index (χ3n) is 1.12. The van der Waals surface area contributed by atoms with Crippen LogP contribution in [0.3, 0.4) is 0 Å². The summed E-state index contributed by atoms with van der Waals surface area (Å²) in [4.78, 5) is 0. The molecule has 0 saturated carbocycles. The molecule has 0 spiro atoms. The molecule has 0 aromatic carbocycles. The van der Waals surface area contributed by atoms with Crippen molar-refractivity contribution in [1.82, 2.24) is 16.2 Å². The van der Waals surface area contributed by atoms with E-state index in [0.717, 1.165) is 25.4 Å². The summed E-state index contributed by atoms with van der Waals surface area (Å²) in [5, 5.41) is 2.93. The molecule has 1 atom stereocenters. The van der Waals surface area contributed by atoms with Gasteiger partial charge in [0.25, 0.3) is 0 Å². The van der Waals surface area contributed by atoms with Crippen LogP contribution in [-0.4, -0.2) is 36.8 Å². The highest BCUT2D eigenvalue weighted by Crippen LogP contribution is 1.85. The molecule has 0 aliphatic heterocycles. The maximum absolute atomic E-state index is 10.6. The van der Waals surface area contributed by atoms with Gasteiger partial charge in [0, 0.05) is 13.0 Å². The van der Waals surface area contributed by atoms with Gasteiger partial charge in [-0.15, -0.1) is 0 Å². The Morgan fingerprint density at radius 1 is 1.36 bits per heavy atom. The molecule has 0 saturated heterocycles. The van der Waals surface area contributed by atoms with Crippen LogP contribution >= 0.6 is 0 Å². The normalized spacial score (nSPS) is 13.4. The first kappa shape index (κ1) is 11.2. The molecule has 0 radical (unpaired) electrons. The fraction of sp³-hybridized carbons (Fsp3) is 1.00. The Balaban J connectivity index is 2.80. The van der Waals surface area contributed by atoms with E-state index >= 15 is 0 Å². The van der Waals surface area contributed by atoms with Gasteiger partial charge in [-0.3, -0.25) is 5.43 Å². The van der Waals surface area contributed by atoms with Gasteiger partial charge >= 0.3 is 0 Å². The van der Waals surface area contributed by atoms with Crippen LogP contribution in [0.25, 0.3) is 0 Å². The number of rotatable bonds is 7. The van der Waals surface area contributed by atoms with Crippen LogP contribution in [-0.2, 0) is 11.2 Å². The highest BCUT2D eigenvalue weighted by Gasteiger charge is 1.94. The lowest BCUT2D eigenvalue weighted by atomic mass is 10.5. The summed E-state index contributed by atoms with van der Waals surface area (Å²) < 4.78 is 10.6. The summed E-state index contributed by atoms with van der Waals surface area (Å²) >= 11 is -0.656. The second-order valence-electron chi connectivity index (χ2n) is 2.26. The molecule has 0 aromatic rings. The maximum atomic E-state index is 10.6. The molecule has 1 unspecified atom stereocenters. The number of nitrogens with one attached hydrogen (secondary N) is 3. The average Bonchev–Trinajstić information content (AvgIpc) is 1.96. The molecule has 11 heavy (non-hydrogen) atoms. The summed E-state index contributed by atoms with van der Waals surface area (Å²) in [6.07, 6.45) is 2.67. The Kier molecular flexibility index (Phi) is 8.43. The lowest BCUT2D eigenvalue weighted by molar-refractivity contribution is 0.505. The first-order valence-electron chi connectivity index (χ1n) is 3.67. The second-order valence-corrected chi connectivity index (χ2v) is 3.82. The molecule has 0 aromatic heterocycles. The van der Waals surface area contributed by atoms with E-state index in [1.807, 2.05) is 7.05 Å². The number of hydrazine groups is 1. The quantitative estimate of drug-likeness (QED) is 0.204. The minimum atomic E-state index is -0.656. The van der Waals surface area contributed by atoms with Gasteiger partial charge in [-0.2, -0.15) is 0 Å². The zero-order valence-electron chi connectivity index (χ0n) is 7.14. The van der Waals surface area contributed by atoms with E-state index in [2.05, 4.69) is 16.2 Å². The van der Waals surface area contributed by atoms with Crippen LogP contribution < -0.4 is 16.2 Å². The zero-order chi connectivity index (χ0) is 8.53. The molecule has 0 rings (SSSR count). The largest absolute Gasteiger partial charge is 0.617 e. The van der Waals surface area contributed by atoms with Gasteiger partial charge in [-0.25, -0.2) is 5.43 Å². The molecule has 68 valence electrons. The molecule has 0 amide bonds. The van der Waals surface area contributed by atoms with Crippen molar-refractivity contribution in [3.8, 4) is 0 Å². The van der Waals surface area contributed by atoms with Gasteiger partial charge in [0.1, 0.15) is 5.75 Å². The van der Waals surface area contributed by atoms with Crippen LogP contribution in [0.4, 0.5) is 0 Å². The molecule has 5 heteroatoms. The van der Waals surface area contributed by atoms with E-state index in [-0.39, 0.29) is 0 Å². The average molecular weight is 179 g/mol. The van der Waals surface area contributed by atoms with Crippen LogP contribution in [0.1, 0.15) is 6.42 Å². The number of hydrogen-bond acceptors (Lipinski definition) is 4. The lowest BCUT2D eigenvalue weighted by Crippen LogP contribution is -2.38. The predicted octanol–water partition coefficient (Wildman–Crippen LogP) is -0.974. The second kappa shape index (κ2) is 8.29. The molecule has 3 N–H and O–H groups in total. The van der Waals surface area contributed by atoms with Crippen molar-refractivity contribution in [3.63, 3.8) is 0 Å². The molecular weight excluding hydrogens is 162 g/mol. The van der Waals surface area contributed by atoms with Gasteiger partial charge in [-0.05, 0) is 7.05 Å². The van der Waals surface area contributed by atoms with Crippen molar-refractivity contribution in [2.45, 2.75) is 6.42 Å². The summed E-state index contributed by atoms with van der Waals surface area (Å²) in [5.41, 5.74) is 5.94. The molecule has 0 bridgehead atoms. The van der Waals surface area contributed by atoms with E-state index in [9.17, 15) is 4.55 Å². The van der Waals surface area contributed by atoms with Crippen molar-refractivity contribution in [2.75, 3.05) is 32.3 Å². The van der Waals surface area contributed by atoms with Crippen molar-refractivity contribution in [1.29, 1.82) is 0 Å². The number of hydrogen-bond donors (Lipinski definition) is 3. The smallest absolute Gasteiger partial charge is 0.106 e. The molecule has 0 aliphatic rings. The third-order valence-corrected chi connectivity index (χ3v) is 1.99. The first-order valence-corrected chi connectivity index (χ1v) is 5.40.